The van der Waals surface area contributed by atoms with E-state index in [9.17, 15) is 14.4 Å². The number of ether oxygens (including phenoxy) is 3. The van der Waals surface area contributed by atoms with Crippen LogP contribution in [0.2, 0.25) is 0 Å². The highest BCUT2D eigenvalue weighted by Gasteiger charge is 2.19. The molecule has 0 saturated heterocycles. The quantitative estimate of drug-likeness (QED) is 0.0199. The van der Waals surface area contributed by atoms with Gasteiger partial charge < -0.3 is 14.2 Å². The molecule has 0 heterocycles. The number of esters is 3. The van der Waals surface area contributed by atoms with Gasteiger partial charge in [0, 0.05) is 19.3 Å². The average Bonchev–Trinajstić information content (AvgIpc) is 3.33. The van der Waals surface area contributed by atoms with Crippen molar-refractivity contribution in [1.82, 2.24) is 0 Å². The van der Waals surface area contributed by atoms with Crippen molar-refractivity contribution >= 4 is 17.9 Å². The lowest BCUT2D eigenvalue weighted by Gasteiger charge is -2.18. The third-order valence-corrected chi connectivity index (χ3v) is 13.1. The largest absolute Gasteiger partial charge is 0.462 e. The van der Waals surface area contributed by atoms with Gasteiger partial charge in [0.1, 0.15) is 13.2 Å². The minimum Gasteiger partial charge on any atom is -0.462 e. The van der Waals surface area contributed by atoms with E-state index in [1.54, 1.807) is 0 Å². The molecular formula is C61H112O6. The molecule has 0 amide bonds. The van der Waals surface area contributed by atoms with Gasteiger partial charge in [-0.05, 0) is 70.6 Å². The van der Waals surface area contributed by atoms with E-state index in [1.807, 2.05) is 0 Å². The molecule has 0 rings (SSSR count). The summed E-state index contributed by atoms with van der Waals surface area (Å²) in [6.07, 6.45) is 67.0. The number of allylic oxidation sites excluding steroid dienone is 6. The first-order valence-electron chi connectivity index (χ1n) is 29.5. The molecule has 0 aliphatic carbocycles. The maximum absolute atomic E-state index is 12.8. The van der Waals surface area contributed by atoms with Gasteiger partial charge in [0.2, 0.25) is 0 Å². The van der Waals surface area contributed by atoms with Crippen molar-refractivity contribution in [3.05, 3.63) is 36.5 Å². The normalized spacial score (nSPS) is 12.2. The highest BCUT2D eigenvalue weighted by Crippen LogP contribution is 2.16. The van der Waals surface area contributed by atoms with E-state index < -0.39 is 6.10 Å². The number of unbranched alkanes of at least 4 members (excludes halogenated alkanes) is 38. The summed E-state index contributed by atoms with van der Waals surface area (Å²) in [5.41, 5.74) is 0. The first kappa shape index (κ1) is 64.6. The summed E-state index contributed by atoms with van der Waals surface area (Å²) in [6.45, 7) is 6.65. The van der Waals surface area contributed by atoms with Gasteiger partial charge in [0.25, 0.3) is 0 Å². The van der Waals surface area contributed by atoms with Gasteiger partial charge in [-0.25, -0.2) is 0 Å². The van der Waals surface area contributed by atoms with Crippen molar-refractivity contribution in [3.8, 4) is 0 Å². The van der Waals surface area contributed by atoms with Crippen LogP contribution in [0.4, 0.5) is 0 Å². The van der Waals surface area contributed by atoms with E-state index in [4.69, 9.17) is 14.2 Å². The zero-order chi connectivity index (χ0) is 48.6. The fourth-order valence-corrected chi connectivity index (χ4v) is 8.67. The Bertz CT molecular complexity index is 1130. The molecule has 0 spiro atoms. The average molecular weight is 942 g/mol. The van der Waals surface area contributed by atoms with Crippen molar-refractivity contribution in [2.24, 2.45) is 0 Å². The van der Waals surface area contributed by atoms with Gasteiger partial charge in [0.15, 0.2) is 6.10 Å². The van der Waals surface area contributed by atoms with Crippen LogP contribution in [0, 0.1) is 0 Å². The first-order valence-corrected chi connectivity index (χ1v) is 29.5. The number of carbonyl (C=O) groups excluding carboxylic acids is 3. The Morgan fingerprint density at radius 1 is 0.299 bits per heavy atom. The molecule has 1 unspecified atom stereocenters. The molecule has 67 heavy (non-hydrogen) atoms. The lowest BCUT2D eigenvalue weighted by Crippen LogP contribution is -2.30. The molecule has 1 atom stereocenters. The van der Waals surface area contributed by atoms with Crippen molar-refractivity contribution in [3.63, 3.8) is 0 Å². The van der Waals surface area contributed by atoms with Crippen LogP contribution in [0.15, 0.2) is 36.5 Å². The van der Waals surface area contributed by atoms with Crippen LogP contribution in [0.25, 0.3) is 0 Å². The number of carbonyl (C=O) groups is 3. The van der Waals surface area contributed by atoms with E-state index in [-0.39, 0.29) is 31.1 Å². The molecular weight excluding hydrogens is 829 g/mol. The van der Waals surface area contributed by atoms with E-state index in [2.05, 4.69) is 57.2 Å². The predicted molar refractivity (Wildman–Crippen MR) is 289 cm³/mol. The molecule has 0 aromatic carbocycles. The van der Waals surface area contributed by atoms with Gasteiger partial charge in [-0.15, -0.1) is 0 Å². The number of hydrogen-bond donors (Lipinski definition) is 0. The minimum atomic E-state index is -0.785. The zero-order valence-electron chi connectivity index (χ0n) is 44.9. The molecule has 0 radical (unpaired) electrons. The van der Waals surface area contributed by atoms with Gasteiger partial charge in [-0.3, -0.25) is 14.4 Å². The minimum absolute atomic E-state index is 0.0805. The van der Waals surface area contributed by atoms with Gasteiger partial charge in [-0.1, -0.05) is 263 Å². The van der Waals surface area contributed by atoms with Crippen molar-refractivity contribution in [1.29, 1.82) is 0 Å². The number of rotatable bonds is 54. The smallest absolute Gasteiger partial charge is 0.306 e. The summed E-state index contributed by atoms with van der Waals surface area (Å²) >= 11 is 0. The van der Waals surface area contributed by atoms with Crippen molar-refractivity contribution < 1.29 is 28.6 Å². The lowest BCUT2D eigenvalue weighted by molar-refractivity contribution is -0.167. The summed E-state index contributed by atoms with van der Waals surface area (Å²) < 4.78 is 16.9. The third kappa shape index (κ3) is 54.4. The summed E-state index contributed by atoms with van der Waals surface area (Å²) in [6, 6.07) is 0. The molecule has 6 nitrogen and oxygen atoms in total. The zero-order valence-corrected chi connectivity index (χ0v) is 44.9. The molecule has 0 N–H and O–H groups in total. The first-order chi connectivity index (χ1) is 33.0. The van der Waals surface area contributed by atoms with E-state index in [0.29, 0.717) is 19.3 Å². The second kappa shape index (κ2) is 56.2. The third-order valence-electron chi connectivity index (χ3n) is 13.1. The Labute approximate surface area is 416 Å². The molecule has 0 saturated carbocycles. The molecule has 392 valence electrons. The van der Waals surface area contributed by atoms with Crippen LogP contribution < -0.4 is 0 Å². The Hall–Kier alpha value is -2.37. The van der Waals surface area contributed by atoms with Gasteiger partial charge in [0.05, 0.1) is 0 Å². The van der Waals surface area contributed by atoms with Crippen LogP contribution >= 0.6 is 0 Å². The van der Waals surface area contributed by atoms with E-state index in [1.165, 1.54) is 205 Å². The molecule has 0 aliphatic rings. The SMILES string of the molecule is CCCCCCCC/C=C\CCCCCCCCCC(=O)OCC(COC(=O)CCCCCCCCCCCCCCCCCC)OC(=O)CCCCC/C=C\C=C/CCCCCCCCC. The summed E-state index contributed by atoms with van der Waals surface area (Å²) in [5.74, 6) is -0.893. The maximum Gasteiger partial charge on any atom is 0.306 e. The molecule has 0 aliphatic heterocycles. The highest BCUT2D eigenvalue weighted by molar-refractivity contribution is 5.71. The molecule has 0 bridgehead atoms. The van der Waals surface area contributed by atoms with Crippen molar-refractivity contribution in [2.45, 2.75) is 322 Å². The predicted octanol–water partition coefficient (Wildman–Crippen LogP) is 19.7. The lowest BCUT2D eigenvalue weighted by atomic mass is 10.0. The van der Waals surface area contributed by atoms with E-state index >= 15 is 0 Å². The topological polar surface area (TPSA) is 78.9 Å². The van der Waals surface area contributed by atoms with Gasteiger partial charge in [-0.2, -0.15) is 0 Å². The highest BCUT2D eigenvalue weighted by atomic mass is 16.6. The Morgan fingerprint density at radius 2 is 0.537 bits per heavy atom. The number of hydrogen-bond acceptors (Lipinski definition) is 6. The molecule has 0 fully saturated rings. The second-order valence-corrected chi connectivity index (χ2v) is 19.9. The maximum atomic E-state index is 12.8. The van der Waals surface area contributed by atoms with E-state index in [0.717, 1.165) is 70.6 Å². The standard InChI is InChI=1S/C61H112O6/c1-4-7-10-13-16-19-22-25-28-31-34-36-39-42-45-48-51-54-60(63)66-57-58(67-61(64)55-52-49-46-43-40-37-33-30-27-24-21-18-15-12-9-6-3)56-65-59(62)53-50-47-44-41-38-35-32-29-26-23-20-17-14-11-8-5-2/h25,28,30,33,37,40,58H,4-24,26-27,29,31-32,34-36,38-39,41-57H2,1-3H3/b28-25-,33-30-,40-37-. The second-order valence-electron chi connectivity index (χ2n) is 19.9. The molecule has 6 heteroatoms. The Morgan fingerprint density at radius 3 is 0.851 bits per heavy atom. The van der Waals surface area contributed by atoms with Crippen LogP contribution in [0.5, 0.6) is 0 Å². The van der Waals surface area contributed by atoms with Crippen LogP contribution in [-0.4, -0.2) is 37.2 Å². The van der Waals surface area contributed by atoms with Crippen LogP contribution in [-0.2, 0) is 28.6 Å². The Balaban J connectivity index is 4.38. The molecule has 0 aromatic heterocycles. The fraction of sp³-hybridized carbons (Fsp3) is 0.852. The fourth-order valence-electron chi connectivity index (χ4n) is 8.67. The Kier molecular flexibility index (Phi) is 54.2. The summed E-state index contributed by atoms with van der Waals surface area (Å²) in [4.78, 5) is 38.2. The summed E-state index contributed by atoms with van der Waals surface area (Å²) in [5, 5.41) is 0. The van der Waals surface area contributed by atoms with Crippen molar-refractivity contribution in [2.75, 3.05) is 13.2 Å². The van der Waals surface area contributed by atoms with Crippen LogP contribution in [0.1, 0.15) is 316 Å². The molecule has 0 aromatic rings. The summed E-state index contributed by atoms with van der Waals surface area (Å²) in [7, 11) is 0. The monoisotopic (exact) mass is 941 g/mol. The van der Waals surface area contributed by atoms with Gasteiger partial charge >= 0.3 is 17.9 Å². The van der Waals surface area contributed by atoms with Crippen LogP contribution in [0.3, 0.4) is 0 Å².